The average molecular weight is 340 g/mol. The molecule has 2 aromatic rings. The fraction of sp³-hybridized carbons (Fsp3) is 0.550. The topological polar surface area (TPSA) is 65.7 Å². The van der Waals surface area contributed by atoms with Crippen molar-refractivity contribution in [2.75, 3.05) is 6.54 Å². The minimum Gasteiger partial charge on any atom is -0.459 e. The molecular formula is C20H24N2O3. The first-order valence-corrected chi connectivity index (χ1v) is 9.28. The van der Waals surface area contributed by atoms with E-state index in [1.807, 2.05) is 43.0 Å². The highest BCUT2D eigenvalue weighted by Crippen LogP contribution is 2.54. The summed E-state index contributed by atoms with van der Waals surface area (Å²) in [5.41, 5.74) is 1.93. The summed E-state index contributed by atoms with van der Waals surface area (Å²) in [6, 6.07) is 7.67. The zero-order valence-corrected chi connectivity index (χ0v) is 14.6. The third kappa shape index (κ3) is 2.08. The maximum absolute atomic E-state index is 12.9. The third-order valence-electron chi connectivity index (χ3n) is 6.72. The first kappa shape index (κ1) is 15.3. The van der Waals surface area contributed by atoms with Crippen LogP contribution in [0.2, 0.25) is 0 Å². The van der Waals surface area contributed by atoms with Gasteiger partial charge in [0, 0.05) is 17.5 Å². The van der Waals surface area contributed by atoms with Crippen LogP contribution in [0.15, 0.2) is 28.7 Å². The molecule has 3 aliphatic rings. The molecule has 5 nitrogen and oxygen atoms in total. The van der Waals surface area contributed by atoms with Gasteiger partial charge in [-0.25, -0.2) is 4.79 Å². The highest BCUT2D eigenvalue weighted by Gasteiger charge is 2.60. The summed E-state index contributed by atoms with van der Waals surface area (Å²) in [7, 11) is 0. The maximum atomic E-state index is 12.9. The van der Waals surface area contributed by atoms with E-state index in [4.69, 9.17) is 4.42 Å². The molecule has 3 fully saturated rings. The lowest BCUT2D eigenvalue weighted by atomic mass is 9.88. The van der Waals surface area contributed by atoms with Crippen LogP contribution in [-0.4, -0.2) is 34.7 Å². The molecule has 1 aromatic carbocycles. The van der Waals surface area contributed by atoms with Crippen LogP contribution in [-0.2, 0) is 0 Å². The molecule has 2 saturated carbocycles. The maximum Gasteiger partial charge on any atom is 0.318 e. The number of amides is 2. The van der Waals surface area contributed by atoms with Gasteiger partial charge < -0.3 is 19.7 Å². The van der Waals surface area contributed by atoms with E-state index in [1.54, 1.807) is 0 Å². The number of nitrogens with zero attached hydrogens (tertiary/aromatic N) is 1. The van der Waals surface area contributed by atoms with E-state index in [0.29, 0.717) is 17.8 Å². The average Bonchev–Trinajstić information content (AvgIpc) is 3.29. The Kier molecular flexibility index (Phi) is 3.20. The van der Waals surface area contributed by atoms with Crippen molar-refractivity contribution in [1.29, 1.82) is 0 Å². The van der Waals surface area contributed by atoms with E-state index >= 15 is 0 Å². The fourth-order valence-electron chi connectivity index (χ4n) is 5.59. The van der Waals surface area contributed by atoms with E-state index in [0.717, 1.165) is 41.7 Å². The van der Waals surface area contributed by atoms with Gasteiger partial charge in [0.05, 0.1) is 18.2 Å². The van der Waals surface area contributed by atoms with Gasteiger partial charge in [-0.1, -0.05) is 18.2 Å². The number of aryl methyl sites for hydroxylation is 1. The number of fused-ring (bicyclic) bond motifs is 2. The monoisotopic (exact) mass is 340 g/mol. The van der Waals surface area contributed by atoms with Crippen LogP contribution in [0.5, 0.6) is 0 Å². The minimum atomic E-state index is -0.349. The molecule has 2 aliphatic carbocycles. The molecule has 132 valence electrons. The summed E-state index contributed by atoms with van der Waals surface area (Å²) in [5.74, 6) is 2.27. The molecule has 0 radical (unpaired) electrons. The Morgan fingerprint density at radius 2 is 2.12 bits per heavy atom. The number of para-hydroxylation sites is 1. The van der Waals surface area contributed by atoms with Gasteiger partial charge in [0.2, 0.25) is 0 Å². The van der Waals surface area contributed by atoms with Gasteiger partial charge in [-0.05, 0) is 50.5 Å². The van der Waals surface area contributed by atoms with Crippen molar-refractivity contribution in [1.82, 2.24) is 10.2 Å². The largest absolute Gasteiger partial charge is 0.459 e. The number of nitrogens with one attached hydrogen (secondary N) is 1. The van der Waals surface area contributed by atoms with Gasteiger partial charge in [-0.15, -0.1) is 0 Å². The number of rotatable bonds is 2. The zero-order chi connectivity index (χ0) is 17.3. The summed E-state index contributed by atoms with van der Waals surface area (Å²) >= 11 is 0. The Balaban J connectivity index is 1.36. The van der Waals surface area contributed by atoms with Crippen molar-refractivity contribution in [3.8, 4) is 0 Å². The smallest absolute Gasteiger partial charge is 0.318 e. The Bertz CT molecular complexity index is 843. The molecule has 0 unspecified atom stereocenters. The van der Waals surface area contributed by atoms with Gasteiger partial charge in [-0.2, -0.15) is 0 Å². The van der Waals surface area contributed by atoms with E-state index in [-0.39, 0.29) is 24.2 Å². The van der Waals surface area contributed by atoms with Crippen LogP contribution >= 0.6 is 0 Å². The number of aliphatic hydroxyl groups is 1. The fourth-order valence-corrected chi connectivity index (χ4v) is 5.59. The van der Waals surface area contributed by atoms with E-state index in [2.05, 4.69) is 5.32 Å². The quantitative estimate of drug-likeness (QED) is 0.882. The van der Waals surface area contributed by atoms with Gasteiger partial charge >= 0.3 is 6.03 Å². The Hall–Kier alpha value is -2.01. The number of hydrogen-bond donors (Lipinski definition) is 2. The first-order chi connectivity index (χ1) is 12.0. The number of carbonyl (C=O) groups is 1. The molecule has 2 N–H and O–H groups in total. The standard InChI is InChI=1S/C20H24N2O3/c1-10-14-5-3-4-6-16(14)25-19(10)11(2)21-20(24)22-9-13-7-12-8-15(13)17(22)18(12)23/h3-6,11-13,15,17-18,23H,7-9H2,1-2H3,(H,21,24)/t11-,12-,13-,15+,17+,18+/m0/s1. The zero-order valence-electron chi connectivity index (χ0n) is 14.6. The number of hydrogen-bond acceptors (Lipinski definition) is 3. The summed E-state index contributed by atoms with van der Waals surface area (Å²) in [5, 5.41) is 14.7. The van der Waals surface area contributed by atoms with Crippen LogP contribution in [0.4, 0.5) is 4.79 Å². The number of furan rings is 1. The van der Waals surface area contributed by atoms with E-state index in [1.165, 1.54) is 0 Å². The predicted molar refractivity (Wildman–Crippen MR) is 94.1 cm³/mol. The summed E-state index contributed by atoms with van der Waals surface area (Å²) < 4.78 is 5.98. The van der Waals surface area contributed by atoms with Crippen molar-refractivity contribution in [2.45, 2.75) is 44.9 Å². The van der Waals surface area contributed by atoms with Crippen LogP contribution in [0.25, 0.3) is 11.0 Å². The van der Waals surface area contributed by atoms with Crippen LogP contribution in [0, 0.1) is 24.7 Å². The molecular weight excluding hydrogens is 316 g/mol. The first-order valence-electron chi connectivity index (χ1n) is 9.28. The molecule has 2 bridgehead atoms. The molecule has 0 spiro atoms. The van der Waals surface area contributed by atoms with Crippen molar-refractivity contribution in [2.24, 2.45) is 17.8 Å². The predicted octanol–water partition coefficient (Wildman–Crippen LogP) is 3.21. The summed E-state index contributed by atoms with van der Waals surface area (Å²) in [6.45, 7) is 4.77. The number of aliphatic hydroxyl groups excluding tert-OH is 1. The highest BCUT2D eigenvalue weighted by atomic mass is 16.3. The Labute approximate surface area is 147 Å². The minimum absolute atomic E-state index is 0.00715. The second-order valence-electron chi connectivity index (χ2n) is 8.05. The molecule has 5 heteroatoms. The lowest BCUT2D eigenvalue weighted by molar-refractivity contribution is 0.0604. The number of benzene rings is 1. The van der Waals surface area contributed by atoms with Gasteiger partial charge in [0.1, 0.15) is 11.3 Å². The normalized spacial score (nSPS) is 34.0. The number of urea groups is 1. The van der Waals surface area contributed by atoms with Gasteiger partial charge in [-0.3, -0.25) is 0 Å². The lowest BCUT2D eigenvalue weighted by Gasteiger charge is -2.29. The van der Waals surface area contributed by atoms with Gasteiger partial charge in [0.15, 0.2) is 0 Å². The van der Waals surface area contributed by atoms with Crippen LogP contribution in [0.3, 0.4) is 0 Å². The van der Waals surface area contributed by atoms with E-state index in [9.17, 15) is 9.90 Å². The van der Waals surface area contributed by atoms with Crippen LogP contribution < -0.4 is 5.32 Å². The Morgan fingerprint density at radius 3 is 2.88 bits per heavy atom. The Morgan fingerprint density at radius 1 is 1.32 bits per heavy atom. The lowest BCUT2D eigenvalue weighted by Crippen LogP contribution is -2.48. The molecule has 1 saturated heterocycles. The van der Waals surface area contributed by atoms with Gasteiger partial charge in [0.25, 0.3) is 0 Å². The molecule has 25 heavy (non-hydrogen) atoms. The number of carbonyl (C=O) groups excluding carboxylic acids is 1. The van der Waals surface area contributed by atoms with Crippen molar-refractivity contribution in [3.63, 3.8) is 0 Å². The second-order valence-corrected chi connectivity index (χ2v) is 8.05. The molecule has 6 atom stereocenters. The van der Waals surface area contributed by atoms with E-state index < -0.39 is 0 Å². The van der Waals surface area contributed by atoms with Crippen molar-refractivity contribution < 1.29 is 14.3 Å². The second kappa shape index (κ2) is 5.24. The molecule has 2 amide bonds. The summed E-state index contributed by atoms with van der Waals surface area (Å²) in [4.78, 5) is 14.7. The third-order valence-corrected chi connectivity index (χ3v) is 6.72. The molecule has 2 heterocycles. The summed E-state index contributed by atoms with van der Waals surface area (Å²) in [6.07, 6.45) is 1.81. The SMILES string of the molecule is Cc1c([C@H](C)NC(=O)N2C[C@@H]3C[C@H]4C[C@H]3[C@@H]2[C@@H]4O)oc2ccccc12. The number of likely N-dealkylation sites (tertiary alicyclic amines) is 1. The molecule has 5 rings (SSSR count). The van der Waals surface area contributed by atoms with Crippen LogP contribution in [0.1, 0.15) is 37.1 Å². The molecule has 1 aromatic heterocycles. The molecule has 1 aliphatic heterocycles. The van der Waals surface area contributed by atoms with Crippen molar-refractivity contribution in [3.05, 3.63) is 35.6 Å². The highest BCUT2D eigenvalue weighted by molar-refractivity contribution is 5.82. The van der Waals surface area contributed by atoms with Crippen molar-refractivity contribution >= 4 is 17.0 Å².